The average Bonchev–Trinajstić information content (AvgIpc) is 2.81. The van der Waals surface area contributed by atoms with Crippen LogP contribution in [0.1, 0.15) is 23.2 Å². The van der Waals surface area contributed by atoms with Gasteiger partial charge in [0.25, 0.3) is 5.91 Å². The summed E-state index contributed by atoms with van der Waals surface area (Å²) in [7, 11) is 0. The largest absolute Gasteiger partial charge is 0.456 e. The normalized spacial score (nSPS) is 13.8. The standard InChI is InChI=1S/C25H22F2IN3O4/c26-15-10-21(31-20-5-4-16(28)12-19(20)27)23(24(29)32)22(11-15)35-18-3-1-2-17(13-18)30-25(33)14-6-8-34-9-7-14/h1-5,10-14,31H,6-9H2,(H2,29,32)(H,30,33). The molecule has 7 nitrogen and oxygen atoms in total. The number of carbonyl (C=O) groups is 2. The quantitative estimate of drug-likeness (QED) is 0.311. The lowest BCUT2D eigenvalue weighted by molar-refractivity contribution is -0.122. The van der Waals surface area contributed by atoms with E-state index in [9.17, 15) is 18.4 Å². The van der Waals surface area contributed by atoms with Gasteiger partial charge in [-0.05, 0) is 71.8 Å². The van der Waals surface area contributed by atoms with E-state index in [0.29, 0.717) is 35.3 Å². The van der Waals surface area contributed by atoms with Crippen LogP contribution in [0.15, 0.2) is 54.6 Å². The van der Waals surface area contributed by atoms with Gasteiger partial charge in [-0.2, -0.15) is 0 Å². The topological polar surface area (TPSA) is 103 Å². The Labute approximate surface area is 214 Å². The van der Waals surface area contributed by atoms with Gasteiger partial charge in [-0.15, -0.1) is 0 Å². The van der Waals surface area contributed by atoms with Crippen molar-refractivity contribution in [2.45, 2.75) is 12.8 Å². The lowest BCUT2D eigenvalue weighted by Crippen LogP contribution is -2.28. The molecule has 0 aromatic heterocycles. The second kappa shape index (κ2) is 11.0. The first kappa shape index (κ1) is 24.9. The maximum atomic E-state index is 14.5. The molecule has 1 heterocycles. The Morgan fingerprint density at radius 2 is 1.80 bits per heavy atom. The number of hydrogen-bond donors (Lipinski definition) is 3. The number of ether oxygens (including phenoxy) is 2. The number of benzene rings is 3. The van der Waals surface area contributed by atoms with Gasteiger partial charge < -0.3 is 25.8 Å². The zero-order valence-corrected chi connectivity index (χ0v) is 20.6. The molecule has 4 rings (SSSR count). The van der Waals surface area contributed by atoms with Gasteiger partial charge in [-0.25, -0.2) is 8.78 Å². The molecule has 0 aliphatic carbocycles. The first-order valence-corrected chi connectivity index (χ1v) is 11.9. The van der Waals surface area contributed by atoms with Crippen LogP contribution in [-0.4, -0.2) is 25.0 Å². The van der Waals surface area contributed by atoms with Gasteiger partial charge in [-0.1, -0.05) is 6.07 Å². The molecular formula is C25H22F2IN3O4. The summed E-state index contributed by atoms with van der Waals surface area (Å²) in [5, 5.41) is 5.57. The molecule has 1 fully saturated rings. The summed E-state index contributed by atoms with van der Waals surface area (Å²) >= 11 is 1.96. The molecule has 0 unspecified atom stereocenters. The lowest BCUT2D eigenvalue weighted by Gasteiger charge is -2.21. The molecule has 182 valence electrons. The van der Waals surface area contributed by atoms with E-state index in [4.69, 9.17) is 15.2 Å². The molecule has 0 bridgehead atoms. The first-order chi connectivity index (χ1) is 16.8. The van der Waals surface area contributed by atoms with Crippen LogP contribution in [0.4, 0.5) is 25.8 Å². The van der Waals surface area contributed by atoms with Gasteiger partial charge >= 0.3 is 0 Å². The molecule has 1 saturated heterocycles. The van der Waals surface area contributed by atoms with Crippen molar-refractivity contribution >= 4 is 51.5 Å². The Hall–Kier alpha value is -3.25. The molecular weight excluding hydrogens is 571 g/mol. The van der Waals surface area contributed by atoms with E-state index < -0.39 is 17.5 Å². The molecule has 3 aromatic carbocycles. The second-order valence-corrected chi connectivity index (χ2v) is 9.19. The maximum absolute atomic E-state index is 14.5. The number of hydrogen-bond acceptors (Lipinski definition) is 5. The molecule has 0 saturated carbocycles. The van der Waals surface area contributed by atoms with Crippen LogP contribution in [0, 0.1) is 21.1 Å². The number of rotatable bonds is 7. The van der Waals surface area contributed by atoms with Crippen molar-refractivity contribution in [2.24, 2.45) is 11.7 Å². The minimum Gasteiger partial charge on any atom is -0.456 e. The lowest BCUT2D eigenvalue weighted by atomic mass is 9.99. The highest BCUT2D eigenvalue weighted by Crippen LogP contribution is 2.35. The third-order valence-corrected chi connectivity index (χ3v) is 6.11. The number of halogens is 3. The summed E-state index contributed by atoms with van der Waals surface area (Å²) in [6.07, 6.45) is 1.29. The minimum atomic E-state index is -0.891. The van der Waals surface area contributed by atoms with E-state index in [1.807, 2.05) is 22.6 Å². The van der Waals surface area contributed by atoms with Crippen LogP contribution in [0.25, 0.3) is 0 Å². The van der Waals surface area contributed by atoms with Crippen molar-refractivity contribution in [2.75, 3.05) is 23.8 Å². The van der Waals surface area contributed by atoms with Crippen LogP contribution in [0.5, 0.6) is 11.5 Å². The predicted octanol–water partition coefficient (Wildman–Crippen LogP) is 5.57. The van der Waals surface area contributed by atoms with E-state index in [1.54, 1.807) is 30.3 Å². The number of primary amides is 1. The van der Waals surface area contributed by atoms with Crippen LogP contribution >= 0.6 is 22.6 Å². The minimum absolute atomic E-state index is 0.0438. The summed E-state index contributed by atoms with van der Waals surface area (Å²) in [5.41, 5.74) is 5.90. The third-order valence-electron chi connectivity index (χ3n) is 5.44. The van der Waals surface area contributed by atoms with Gasteiger partial charge in [0.05, 0.1) is 11.4 Å². The highest BCUT2D eigenvalue weighted by molar-refractivity contribution is 14.1. The van der Waals surface area contributed by atoms with E-state index in [2.05, 4.69) is 10.6 Å². The molecule has 3 aromatic rings. The summed E-state index contributed by atoms with van der Waals surface area (Å²) in [6, 6.07) is 13.0. The highest BCUT2D eigenvalue weighted by Gasteiger charge is 2.22. The zero-order chi connectivity index (χ0) is 24.9. The summed E-state index contributed by atoms with van der Waals surface area (Å²) in [4.78, 5) is 24.8. The fourth-order valence-electron chi connectivity index (χ4n) is 3.72. The fourth-order valence-corrected chi connectivity index (χ4v) is 4.17. The Morgan fingerprint density at radius 1 is 1.03 bits per heavy atom. The van der Waals surface area contributed by atoms with Gasteiger partial charge in [0.1, 0.15) is 28.7 Å². The number of anilines is 3. The molecule has 10 heteroatoms. The molecule has 2 amide bonds. The summed E-state index contributed by atoms with van der Waals surface area (Å²) in [5.74, 6) is -2.37. The van der Waals surface area contributed by atoms with Gasteiger partial charge in [-0.3, -0.25) is 9.59 Å². The summed E-state index contributed by atoms with van der Waals surface area (Å²) < 4.78 is 40.6. The third kappa shape index (κ3) is 6.25. The Morgan fingerprint density at radius 3 is 2.51 bits per heavy atom. The fraction of sp³-hybridized carbons (Fsp3) is 0.200. The second-order valence-electron chi connectivity index (χ2n) is 7.95. The predicted molar refractivity (Wildman–Crippen MR) is 136 cm³/mol. The highest BCUT2D eigenvalue weighted by atomic mass is 127. The average molecular weight is 593 g/mol. The van der Waals surface area contributed by atoms with Crippen molar-refractivity contribution < 1.29 is 27.8 Å². The Kier molecular flexibility index (Phi) is 7.81. The van der Waals surface area contributed by atoms with Crippen LogP contribution in [-0.2, 0) is 9.53 Å². The van der Waals surface area contributed by atoms with Crippen LogP contribution in [0.2, 0.25) is 0 Å². The number of amides is 2. The van der Waals surface area contributed by atoms with Crippen molar-refractivity contribution in [3.8, 4) is 11.5 Å². The van der Waals surface area contributed by atoms with Crippen LogP contribution in [0.3, 0.4) is 0 Å². The maximum Gasteiger partial charge on any atom is 0.254 e. The van der Waals surface area contributed by atoms with E-state index in [1.165, 1.54) is 12.1 Å². The molecule has 0 spiro atoms. The SMILES string of the molecule is NC(=O)c1c(Nc2ccc(I)cc2F)cc(F)cc1Oc1cccc(NC(=O)C2CCOCC2)c1. The monoisotopic (exact) mass is 593 g/mol. The Balaban J connectivity index is 1.59. The van der Waals surface area contributed by atoms with Crippen molar-refractivity contribution in [1.82, 2.24) is 0 Å². The molecule has 4 N–H and O–H groups in total. The van der Waals surface area contributed by atoms with E-state index in [0.717, 1.165) is 12.1 Å². The molecule has 0 atom stereocenters. The van der Waals surface area contributed by atoms with Gasteiger partial charge in [0, 0.05) is 40.5 Å². The van der Waals surface area contributed by atoms with Crippen molar-refractivity contribution in [3.05, 3.63) is 75.4 Å². The smallest absolute Gasteiger partial charge is 0.254 e. The Bertz CT molecular complexity index is 1270. The van der Waals surface area contributed by atoms with Gasteiger partial charge in [0.2, 0.25) is 5.91 Å². The van der Waals surface area contributed by atoms with E-state index >= 15 is 0 Å². The van der Waals surface area contributed by atoms with Crippen LogP contribution < -0.4 is 21.1 Å². The number of nitrogens with one attached hydrogen (secondary N) is 2. The molecule has 1 aliphatic heterocycles. The first-order valence-electron chi connectivity index (χ1n) is 10.8. The van der Waals surface area contributed by atoms with E-state index in [-0.39, 0.29) is 40.3 Å². The molecule has 35 heavy (non-hydrogen) atoms. The number of nitrogens with two attached hydrogens (primary N) is 1. The zero-order valence-electron chi connectivity index (χ0n) is 18.4. The number of carbonyl (C=O) groups excluding carboxylic acids is 2. The molecule has 0 radical (unpaired) electrons. The molecule has 1 aliphatic rings. The van der Waals surface area contributed by atoms with Crippen molar-refractivity contribution in [3.63, 3.8) is 0 Å². The summed E-state index contributed by atoms with van der Waals surface area (Å²) in [6.45, 7) is 1.08. The van der Waals surface area contributed by atoms with Crippen molar-refractivity contribution in [1.29, 1.82) is 0 Å². The van der Waals surface area contributed by atoms with Gasteiger partial charge in [0.15, 0.2) is 0 Å².